The molecule has 2 aromatic heterocycles. The summed E-state index contributed by atoms with van der Waals surface area (Å²) in [6.45, 7) is 6.19. The van der Waals surface area contributed by atoms with E-state index in [0.717, 1.165) is 35.1 Å². The van der Waals surface area contributed by atoms with Gasteiger partial charge >= 0.3 is 5.69 Å². The van der Waals surface area contributed by atoms with Crippen LogP contribution in [0.15, 0.2) is 45.5 Å². The molecule has 1 atom stereocenters. The molecule has 0 aliphatic carbocycles. The van der Waals surface area contributed by atoms with Crippen molar-refractivity contribution in [1.29, 1.82) is 0 Å². The van der Waals surface area contributed by atoms with Crippen molar-refractivity contribution >= 4 is 17.1 Å². The molecule has 33 heavy (non-hydrogen) atoms. The van der Waals surface area contributed by atoms with Gasteiger partial charge in [-0.15, -0.1) is 0 Å². The summed E-state index contributed by atoms with van der Waals surface area (Å²) in [6, 6.07) is 6.35. The van der Waals surface area contributed by atoms with Gasteiger partial charge in [-0.2, -0.15) is 4.98 Å². The molecule has 0 bridgehead atoms. The van der Waals surface area contributed by atoms with E-state index in [1.807, 2.05) is 30.6 Å². The number of halogens is 1. The van der Waals surface area contributed by atoms with Gasteiger partial charge in [0.1, 0.15) is 5.82 Å². The molecule has 4 rings (SSSR count). The normalized spacial score (nSPS) is 16.4. The Morgan fingerprint density at radius 3 is 2.76 bits per heavy atom. The van der Waals surface area contributed by atoms with Gasteiger partial charge in [0.25, 0.3) is 5.56 Å². The third kappa shape index (κ3) is 4.64. The molecule has 1 aliphatic heterocycles. The van der Waals surface area contributed by atoms with Crippen molar-refractivity contribution in [2.24, 2.45) is 12.8 Å². The topological polar surface area (TPSA) is 91.1 Å². The molecule has 0 radical (unpaired) electrons. The van der Waals surface area contributed by atoms with Crippen LogP contribution in [0.25, 0.3) is 11.2 Å². The zero-order valence-electron chi connectivity index (χ0n) is 19.4. The number of rotatable bonds is 6. The molecule has 3 aromatic rings. The zero-order chi connectivity index (χ0) is 23.7. The van der Waals surface area contributed by atoms with Gasteiger partial charge in [0.15, 0.2) is 11.2 Å². The molecule has 1 saturated heterocycles. The number of imidazole rings is 1. The molecule has 0 spiro atoms. The van der Waals surface area contributed by atoms with Crippen LogP contribution in [0.1, 0.15) is 32.3 Å². The lowest BCUT2D eigenvalue weighted by Crippen LogP contribution is -2.44. The summed E-state index contributed by atoms with van der Waals surface area (Å²) in [5.41, 5.74) is 8.05. The lowest BCUT2D eigenvalue weighted by Gasteiger charge is -2.31. The van der Waals surface area contributed by atoms with Gasteiger partial charge in [0.05, 0.1) is 0 Å². The van der Waals surface area contributed by atoms with Crippen LogP contribution in [-0.2, 0) is 26.6 Å². The molecule has 176 valence electrons. The highest BCUT2D eigenvalue weighted by Gasteiger charge is 2.26. The molecular weight excluding hydrogens is 423 g/mol. The third-order valence-electron chi connectivity index (χ3n) is 6.15. The van der Waals surface area contributed by atoms with Crippen LogP contribution in [0.2, 0.25) is 0 Å². The number of aryl methyl sites for hydroxylation is 2. The number of nitrogens with zero attached hydrogens (tertiary/aromatic N) is 5. The number of nitrogens with two attached hydrogens (primary N) is 1. The minimum absolute atomic E-state index is 0.0356. The number of hydrogen-bond donors (Lipinski definition) is 1. The summed E-state index contributed by atoms with van der Waals surface area (Å²) in [5.74, 6) is 0.333. The van der Waals surface area contributed by atoms with Gasteiger partial charge in [-0.3, -0.25) is 13.9 Å². The predicted octanol–water partition coefficient (Wildman–Crippen LogP) is 2.17. The van der Waals surface area contributed by atoms with E-state index >= 15 is 0 Å². The Labute approximate surface area is 191 Å². The van der Waals surface area contributed by atoms with E-state index in [0.29, 0.717) is 36.6 Å². The van der Waals surface area contributed by atoms with Gasteiger partial charge in [0.2, 0.25) is 5.95 Å². The fourth-order valence-corrected chi connectivity index (χ4v) is 4.36. The van der Waals surface area contributed by atoms with Crippen LogP contribution in [0.5, 0.6) is 0 Å². The maximum atomic E-state index is 13.6. The summed E-state index contributed by atoms with van der Waals surface area (Å²) in [7, 11) is 1.48. The Kier molecular flexibility index (Phi) is 6.51. The van der Waals surface area contributed by atoms with Crippen LogP contribution in [-0.4, -0.2) is 37.8 Å². The predicted molar refractivity (Wildman–Crippen MR) is 128 cm³/mol. The highest BCUT2D eigenvalue weighted by molar-refractivity contribution is 5.75. The number of aromatic nitrogens is 4. The van der Waals surface area contributed by atoms with E-state index in [1.165, 1.54) is 23.7 Å². The van der Waals surface area contributed by atoms with E-state index in [-0.39, 0.29) is 24.0 Å². The minimum Gasteiger partial charge on any atom is -0.341 e. The van der Waals surface area contributed by atoms with Crippen molar-refractivity contribution in [2.75, 3.05) is 18.0 Å². The number of benzene rings is 1. The van der Waals surface area contributed by atoms with E-state index in [2.05, 4.69) is 4.90 Å². The first-order valence-electron chi connectivity index (χ1n) is 11.3. The molecule has 9 heteroatoms. The molecule has 0 amide bonds. The quantitative estimate of drug-likeness (QED) is 0.577. The monoisotopic (exact) mass is 454 g/mol. The van der Waals surface area contributed by atoms with E-state index in [4.69, 9.17) is 10.7 Å². The highest BCUT2D eigenvalue weighted by Crippen LogP contribution is 2.23. The Morgan fingerprint density at radius 2 is 2.06 bits per heavy atom. The summed E-state index contributed by atoms with van der Waals surface area (Å²) < 4.78 is 18.2. The van der Waals surface area contributed by atoms with Crippen LogP contribution in [0.4, 0.5) is 10.3 Å². The Balaban J connectivity index is 1.87. The van der Waals surface area contributed by atoms with Crippen molar-refractivity contribution in [1.82, 2.24) is 18.7 Å². The molecule has 2 N–H and O–H groups in total. The molecule has 0 saturated carbocycles. The van der Waals surface area contributed by atoms with Gasteiger partial charge in [-0.05, 0) is 50.8 Å². The average Bonchev–Trinajstić information content (AvgIpc) is 3.15. The molecule has 1 unspecified atom stereocenters. The van der Waals surface area contributed by atoms with Crippen LogP contribution in [0, 0.1) is 5.82 Å². The van der Waals surface area contributed by atoms with E-state index < -0.39 is 5.69 Å². The third-order valence-corrected chi connectivity index (χ3v) is 6.15. The first kappa shape index (κ1) is 23.0. The summed E-state index contributed by atoms with van der Waals surface area (Å²) in [4.78, 5) is 33.2. The van der Waals surface area contributed by atoms with Gasteiger partial charge in [-0.25, -0.2) is 9.18 Å². The van der Waals surface area contributed by atoms with Crippen molar-refractivity contribution in [3.63, 3.8) is 0 Å². The van der Waals surface area contributed by atoms with Gasteiger partial charge in [-0.1, -0.05) is 23.8 Å². The first-order chi connectivity index (χ1) is 15.8. The number of fused-ring (bicyclic) bond motifs is 1. The summed E-state index contributed by atoms with van der Waals surface area (Å²) in [5, 5.41) is 0. The highest BCUT2D eigenvalue weighted by atomic mass is 19.1. The van der Waals surface area contributed by atoms with Crippen LogP contribution in [0.3, 0.4) is 0 Å². The average molecular weight is 455 g/mol. The fourth-order valence-electron chi connectivity index (χ4n) is 4.36. The molecule has 1 fully saturated rings. The lowest BCUT2D eigenvalue weighted by atomic mass is 10.1. The second-order valence-electron chi connectivity index (χ2n) is 9.00. The van der Waals surface area contributed by atoms with Crippen molar-refractivity contribution in [3.8, 4) is 0 Å². The first-order valence-corrected chi connectivity index (χ1v) is 11.3. The van der Waals surface area contributed by atoms with Crippen molar-refractivity contribution in [3.05, 3.63) is 68.1 Å². The van der Waals surface area contributed by atoms with Gasteiger partial charge in [0, 0.05) is 39.3 Å². The smallest absolute Gasteiger partial charge is 0.332 e. The maximum Gasteiger partial charge on any atom is 0.332 e. The SMILES string of the molecule is CC(C)=CCn1c(N2CCCC(N)C2)nc2c1c(=O)n(C)c(=O)n2CCc1cccc(F)c1. The number of hydrogen-bond acceptors (Lipinski definition) is 5. The standard InChI is InChI=1S/C24H31FN6O2/c1-16(2)9-12-30-20-21(27-23(30)29-11-5-8-19(26)15-29)31(24(33)28(3)22(20)32)13-10-17-6-4-7-18(25)14-17/h4,6-7,9,14,19H,5,8,10-13,15,26H2,1-3H3. The fraction of sp³-hybridized carbons (Fsp3) is 0.458. The summed E-state index contributed by atoms with van der Waals surface area (Å²) >= 11 is 0. The van der Waals surface area contributed by atoms with Crippen LogP contribution >= 0.6 is 0 Å². The second kappa shape index (κ2) is 9.35. The maximum absolute atomic E-state index is 13.6. The lowest BCUT2D eigenvalue weighted by molar-refractivity contribution is 0.495. The summed E-state index contributed by atoms with van der Waals surface area (Å²) in [6.07, 6.45) is 4.37. The molecular formula is C24H31FN6O2. The van der Waals surface area contributed by atoms with Crippen molar-refractivity contribution in [2.45, 2.75) is 52.2 Å². The number of anilines is 1. The van der Waals surface area contributed by atoms with E-state index in [1.54, 1.807) is 6.07 Å². The minimum atomic E-state index is -0.433. The molecule has 8 nitrogen and oxygen atoms in total. The Bertz CT molecular complexity index is 1310. The Morgan fingerprint density at radius 1 is 1.27 bits per heavy atom. The zero-order valence-corrected chi connectivity index (χ0v) is 19.4. The molecule has 3 heterocycles. The molecule has 1 aromatic carbocycles. The second-order valence-corrected chi connectivity index (χ2v) is 9.00. The van der Waals surface area contributed by atoms with Crippen molar-refractivity contribution < 1.29 is 4.39 Å². The number of allylic oxidation sites excluding steroid dienone is 2. The molecule has 1 aliphatic rings. The Hall–Kier alpha value is -3.20. The largest absolute Gasteiger partial charge is 0.341 e. The number of piperidine rings is 1. The van der Waals surface area contributed by atoms with Gasteiger partial charge < -0.3 is 15.2 Å². The van der Waals surface area contributed by atoms with Crippen LogP contribution < -0.4 is 21.9 Å². The van der Waals surface area contributed by atoms with E-state index in [9.17, 15) is 14.0 Å².